The normalized spacial score (nSPS) is 24.2. The van der Waals surface area contributed by atoms with Crippen LogP contribution in [0.25, 0.3) is 0 Å². The van der Waals surface area contributed by atoms with E-state index in [1.807, 2.05) is 0 Å². The van der Waals surface area contributed by atoms with Crippen molar-refractivity contribution in [3.8, 4) is 0 Å². The molecule has 0 aromatic carbocycles. The first-order valence-electron chi connectivity index (χ1n) is 7.14. The fourth-order valence-electron chi connectivity index (χ4n) is 2.59. The summed E-state index contributed by atoms with van der Waals surface area (Å²) in [4.78, 5) is 6.78. The molecule has 1 aromatic rings. The molecular weight excluding hydrogens is 288 g/mol. The molecule has 0 saturated carbocycles. The Hall–Kier alpha value is -1.18. The monoisotopic (exact) mass is 312 g/mol. The van der Waals surface area contributed by atoms with E-state index >= 15 is 0 Å². The van der Waals surface area contributed by atoms with Gasteiger partial charge in [0.1, 0.15) is 10.7 Å². The fraction of sp³-hybridized carbons (Fsp3) is 0.643. The first-order valence-corrected chi connectivity index (χ1v) is 8.58. The van der Waals surface area contributed by atoms with Gasteiger partial charge in [-0.3, -0.25) is 0 Å². The number of nitrogens with zero attached hydrogens (tertiary/aromatic N) is 3. The van der Waals surface area contributed by atoms with Crippen LogP contribution >= 0.6 is 0 Å². The van der Waals surface area contributed by atoms with Crippen molar-refractivity contribution in [2.45, 2.75) is 24.3 Å². The Morgan fingerprint density at radius 1 is 1.38 bits per heavy atom. The standard InChI is InChI=1S/C14H24N4O2S/c1-11-10-18(4)8-7-13(11)16-14-6-5-12(9-15-14)21(19,20)17(2)3/h5-6,9,11,13H,7-8,10H2,1-4H3,(H,15,16). The van der Waals surface area contributed by atoms with Crippen molar-refractivity contribution in [3.63, 3.8) is 0 Å². The highest BCUT2D eigenvalue weighted by molar-refractivity contribution is 7.89. The predicted octanol–water partition coefficient (Wildman–Crippen LogP) is 1.08. The summed E-state index contributed by atoms with van der Waals surface area (Å²) in [5.41, 5.74) is 0. The molecule has 7 heteroatoms. The Morgan fingerprint density at radius 3 is 2.62 bits per heavy atom. The summed E-state index contributed by atoms with van der Waals surface area (Å²) in [7, 11) is 1.75. The van der Waals surface area contributed by atoms with Crippen LogP contribution in [0.3, 0.4) is 0 Å². The molecule has 0 spiro atoms. The van der Waals surface area contributed by atoms with Crippen LogP contribution in [0.2, 0.25) is 0 Å². The largest absolute Gasteiger partial charge is 0.367 e. The number of nitrogens with one attached hydrogen (secondary N) is 1. The van der Waals surface area contributed by atoms with E-state index in [1.54, 1.807) is 12.1 Å². The third kappa shape index (κ3) is 3.72. The highest BCUT2D eigenvalue weighted by atomic mass is 32.2. The second-order valence-corrected chi connectivity index (χ2v) is 8.10. The average molecular weight is 312 g/mol. The number of aromatic nitrogens is 1. The van der Waals surface area contributed by atoms with Crippen LogP contribution in [0, 0.1) is 5.92 Å². The third-order valence-corrected chi connectivity index (χ3v) is 5.76. The molecule has 0 bridgehead atoms. The van der Waals surface area contributed by atoms with Crippen molar-refractivity contribution >= 4 is 15.8 Å². The number of rotatable bonds is 4. The van der Waals surface area contributed by atoms with Gasteiger partial charge in [-0.15, -0.1) is 0 Å². The minimum Gasteiger partial charge on any atom is -0.367 e. The van der Waals surface area contributed by atoms with Crippen molar-refractivity contribution in [1.82, 2.24) is 14.2 Å². The first-order chi connectivity index (χ1) is 9.80. The number of likely N-dealkylation sites (tertiary alicyclic amines) is 1. The maximum absolute atomic E-state index is 12.0. The molecule has 2 unspecified atom stereocenters. The highest BCUT2D eigenvalue weighted by Crippen LogP contribution is 2.20. The van der Waals surface area contributed by atoms with Crippen LogP contribution in [0.15, 0.2) is 23.2 Å². The minimum absolute atomic E-state index is 0.217. The summed E-state index contributed by atoms with van der Waals surface area (Å²) >= 11 is 0. The van der Waals surface area contributed by atoms with Gasteiger partial charge < -0.3 is 10.2 Å². The number of piperidine rings is 1. The lowest BCUT2D eigenvalue weighted by Crippen LogP contribution is -2.43. The molecule has 0 aliphatic carbocycles. The Bertz CT molecular complexity index is 571. The van der Waals surface area contributed by atoms with Crippen molar-refractivity contribution < 1.29 is 8.42 Å². The van der Waals surface area contributed by atoms with Crippen LogP contribution < -0.4 is 5.32 Å². The number of hydrogen-bond acceptors (Lipinski definition) is 5. The number of pyridine rings is 1. The summed E-state index contributed by atoms with van der Waals surface area (Å²) in [5.74, 6) is 1.27. The number of sulfonamides is 1. The Kier molecular flexibility index (Phi) is 4.85. The average Bonchev–Trinajstić information content (AvgIpc) is 2.42. The quantitative estimate of drug-likeness (QED) is 0.901. The fourth-order valence-corrected chi connectivity index (χ4v) is 3.44. The maximum Gasteiger partial charge on any atom is 0.244 e. The van der Waals surface area contributed by atoms with E-state index in [1.165, 1.54) is 24.6 Å². The van der Waals surface area contributed by atoms with Gasteiger partial charge in [-0.2, -0.15) is 0 Å². The lowest BCUT2D eigenvalue weighted by atomic mass is 9.94. The van der Waals surface area contributed by atoms with Gasteiger partial charge in [-0.25, -0.2) is 17.7 Å². The molecule has 6 nitrogen and oxygen atoms in total. The smallest absolute Gasteiger partial charge is 0.244 e. The molecule has 0 amide bonds. The second-order valence-electron chi connectivity index (χ2n) is 5.95. The molecule has 0 radical (unpaired) electrons. The van der Waals surface area contributed by atoms with Gasteiger partial charge in [0.25, 0.3) is 0 Å². The van der Waals surface area contributed by atoms with E-state index < -0.39 is 10.0 Å². The van der Waals surface area contributed by atoms with E-state index in [2.05, 4.69) is 29.2 Å². The molecule has 2 rings (SSSR count). The molecule has 2 heterocycles. The molecule has 1 aliphatic heterocycles. The molecular formula is C14H24N4O2S. The van der Waals surface area contributed by atoms with Crippen molar-refractivity contribution in [1.29, 1.82) is 0 Å². The van der Waals surface area contributed by atoms with Crippen molar-refractivity contribution in [3.05, 3.63) is 18.3 Å². The zero-order valence-electron chi connectivity index (χ0n) is 13.1. The van der Waals surface area contributed by atoms with Gasteiger partial charge in [0.05, 0.1) is 0 Å². The van der Waals surface area contributed by atoms with Gasteiger partial charge in [0, 0.05) is 32.9 Å². The van der Waals surface area contributed by atoms with E-state index in [0.717, 1.165) is 25.3 Å². The van der Waals surface area contributed by atoms with E-state index in [0.29, 0.717) is 12.0 Å². The maximum atomic E-state index is 12.0. The van der Waals surface area contributed by atoms with Crippen LogP contribution in [0.5, 0.6) is 0 Å². The van der Waals surface area contributed by atoms with Gasteiger partial charge in [0.15, 0.2) is 0 Å². The van der Waals surface area contributed by atoms with E-state index in [9.17, 15) is 8.42 Å². The van der Waals surface area contributed by atoms with Crippen LogP contribution in [0.1, 0.15) is 13.3 Å². The summed E-state index contributed by atoms with van der Waals surface area (Å²) in [6, 6.07) is 3.72. The molecule has 2 atom stereocenters. The van der Waals surface area contributed by atoms with Crippen LogP contribution in [0.4, 0.5) is 5.82 Å². The molecule has 118 valence electrons. The predicted molar refractivity (Wildman–Crippen MR) is 83.8 cm³/mol. The van der Waals surface area contributed by atoms with Gasteiger partial charge in [-0.05, 0) is 38.1 Å². The number of anilines is 1. The van der Waals surface area contributed by atoms with E-state index in [4.69, 9.17) is 0 Å². The summed E-state index contributed by atoms with van der Waals surface area (Å²) in [5, 5.41) is 3.41. The highest BCUT2D eigenvalue weighted by Gasteiger charge is 2.24. The first kappa shape index (κ1) is 16.2. The molecule has 1 aromatic heterocycles. The molecule has 1 N–H and O–H groups in total. The summed E-state index contributed by atoms with van der Waals surface area (Å²) in [6.45, 7) is 4.35. The molecule has 1 fully saturated rings. The second kappa shape index (κ2) is 6.29. The Balaban J connectivity index is 2.06. The summed E-state index contributed by atoms with van der Waals surface area (Å²) < 4.78 is 25.2. The zero-order valence-corrected chi connectivity index (χ0v) is 13.9. The summed E-state index contributed by atoms with van der Waals surface area (Å²) in [6.07, 6.45) is 2.48. The van der Waals surface area contributed by atoms with Crippen LogP contribution in [-0.4, -0.2) is 62.9 Å². The third-order valence-electron chi connectivity index (χ3n) is 3.96. The van der Waals surface area contributed by atoms with Gasteiger partial charge in [0.2, 0.25) is 10.0 Å². The van der Waals surface area contributed by atoms with E-state index in [-0.39, 0.29) is 4.90 Å². The SMILES string of the molecule is CC1CN(C)CCC1Nc1ccc(S(=O)(=O)N(C)C)cn1. The number of hydrogen-bond donors (Lipinski definition) is 1. The molecule has 1 saturated heterocycles. The minimum atomic E-state index is -3.41. The Morgan fingerprint density at radius 2 is 2.10 bits per heavy atom. The van der Waals surface area contributed by atoms with Crippen molar-refractivity contribution in [2.75, 3.05) is 39.5 Å². The van der Waals surface area contributed by atoms with Crippen LogP contribution in [-0.2, 0) is 10.0 Å². The van der Waals surface area contributed by atoms with Crippen molar-refractivity contribution in [2.24, 2.45) is 5.92 Å². The topological polar surface area (TPSA) is 65.5 Å². The Labute approximate surface area is 127 Å². The van der Waals surface area contributed by atoms with Gasteiger partial charge in [-0.1, -0.05) is 6.92 Å². The zero-order chi connectivity index (χ0) is 15.6. The lowest BCUT2D eigenvalue weighted by molar-refractivity contribution is 0.206. The van der Waals surface area contributed by atoms with Gasteiger partial charge >= 0.3 is 0 Å². The lowest BCUT2D eigenvalue weighted by Gasteiger charge is -2.35. The molecule has 1 aliphatic rings. The molecule has 21 heavy (non-hydrogen) atoms.